The number of nitriles is 1. The van der Waals surface area contributed by atoms with Crippen molar-refractivity contribution in [3.05, 3.63) is 69.9 Å². The molecule has 0 atom stereocenters. The molecule has 0 aliphatic carbocycles. The lowest BCUT2D eigenvalue weighted by Gasteiger charge is -2.10. The number of fused-ring (bicyclic) bond motifs is 1. The van der Waals surface area contributed by atoms with E-state index in [1.807, 2.05) is 0 Å². The molecule has 0 saturated carbocycles. The highest BCUT2D eigenvalue weighted by atomic mass is 32.1. The maximum Gasteiger partial charge on any atom is 0.278 e. The minimum absolute atomic E-state index is 0.0891. The smallest absolute Gasteiger partial charge is 0.278 e. The van der Waals surface area contributed by atoms with Crippen LogP contribution in [0, 0.1) is 24.1 Å². The molecule has 4 rings (SSSR count). The Kier molecular flexibility index (Phi) is 4.21. The highest BCUT2D eigenvalue weighted by molar-refractivity contribution is 7.23. The molecule has 2 aromatic carbocycles. The van der Waals surface area contributed by atoms with Crippen LogP contribution in [0.2, 0.25) is 0 Å². The molecule has 0 aliphatic heterocycles. The zero-order valence-corrected chi connectivity index (χ0v) is 15.8. The number of aryl methyl sites for hydroxylation is 2. The second-order valence-electron chi connectivity index (χ2n) is 6.37. The Balaban J connectivity index is 2.14. The molecule has 7 heteroatoms. The molecule has 0 spiro atoms. The van der Waals surface area contributed by atoms with Gasteiger partial charge in [0.15, 0.2) is 5.75 Å². The van der Waals surface area contributed by atoms with Crippen LogP contribution in [-0.4, -0.2) is 14.9 Å². The maximum atomic E-state index is 14.0. The van der Waals surface area contributed by atoms with Crippen molar-refractivity contribution in [1.29, 1.82) is 5.26 Å². The van der Waals surface area contributed by atoms with E-state index in [1.54, 1.807) is 37.3 Å². The predicted molar refractivity (Wildman–Crippen MR) is 107 cm³/mol. The summed E-state index contributed by atoms with van der Waals surface area (Å²) in [5.74, 6) is -0.651. The normalized spacial score (nSPS) is 10.9. The topological polar surface area (TPSA) is 78.9 Å². The quantitative estimate of drug-likeness (QED) is 0.551. The second-order valence-corrected chi connectivity index (χ2v) is 7.43. The number of benzene rings is 2. The Morgan fingerprint density at radius 3 is 2.57 bits per heavy atom. The Morgan fingerprint density at radius 1 is 1.18 bits per heavy atom. The van der Waals surface area contributed by atoms with Crippen LogP contribution >= 0.6 is 11.3 Å². The number of hydrogen-bond donors (Lipinski definition) is 1. The molecule has 5 nitrogen and oxygen atoms in total. The molecule has 28 heavy (non-hydrogen) atoms. The fourth-order valence-electron chi connectivity index (χ4n) is 3.20. The van der Waals surface area contributed by atoms with E-state index in [2.05, 4.69) is 11.2 Å². The van der Waals surface area contributed by atoms with E-state index in [0.29, 0.717) is 27.1 Å². The van der Waals surface area contributed by atoms with Crippen LogP contribution in [0.15, 0.2) is 47.3 Å². The molecule has 0 aliphatic rings. The third-order valence-electron chi connectivity index (χ3n) is 4.56. The largest absolute Gasteiger partial charge is 0.505 e. The van der Waals surface area contributed by atoms with Crippen molar-refractivity contribution < 1.29 is 9.50 Å². The maximum absolute atomic E-state index is 14.0. The lowest BCUT2D eigenvalue weighted by molar-refractivity contribution is 0.460. The third-order valence-corrected chi connectivity index (χ3v) is 5.78. The molecule has 4 aromatic rings. The Bertz CT molecular complexity index is 1330. The van der Waals surface area contributed by atoms with Crippen molar-refractivity contribution in [3.63, 3.8) is 0 Å². The molecule has 2 aromatic heterocycles. The van der Waals surface area contributed by atoms with Crippen LogP contribution in [0.5, 0.6) is 5.75 Å². The fraction of sp³-hybridized carbons (Fsp3) is 0.0952. The Morgan fingerprint density at radius 2 is 1.89 bits per heavy atom. The van der Waals surface area contributed by atoms with Crippen molar-refractivity contribution >= 4 is 21.4 Å². The van der Waals surface area contributed by atoms with Crippen LogP contribution in [0.3, 0.4) is 0 Å². The Hall–Kier alpha value is -3.50. The summed E-state index contributed by atoms with van der Waals surface area (Å²) in [4.78, 5) is 13.6. The van der Waals surface area contributed by atoms with Gasteiger partial charge in [0.2, 0.25) is 0 Å². The molecule has 0 bridgehead atoms. The van der Waals surface area contributed by atoms with E-state index in [9.17, 15) is 14.3 Å². The Labute approximate surface area is 163 Å². The van der Waals surface area contributed by atoms with Gasteiger partial charge in [-0.05, 0) is 42.8 Å². The summed E-state index contributed by atoms with van der Waals surface area (Å²) in [5.41, 5.74) is 1.67. The van der Waals surface area contributed by atoms with Gasteiger partial charge in [-0.2, -0.15) is 10.4 Å². The van der Waals surface area contributed by atoms with Gasteiger partial charge < -0.3 is 5.11 Å². The van der Waals surface area contributed by atoms with Crippen LogP contribution < -0.4 is 5.56 Å². The van der Waals surface area contributed by atoms with E-state index in [-0.39, 0.29) is 11.3 Å². The van der Waals surface area contributed by atoms with E-state index in [4.69, 9.17) is 5.26 Å². The van der Waals surface area contributed by atoms with Crippen LogP contribution in [0.1, 0.15) is 11.3 Å². The summed E-state index contributed by atoms with van der Waals surface area (Å²) < 4.78 is 16.0. The van der Waals surface area contributed by atoms with Crippen molar-refractivity contribution in [2.75, 3.05) is 0 Å². The minimum atomic E-state index is -0.470. The van der Waals surface area contributed by atoms with Crippen molar-refractivity contribution in [2.24, 2.45) is 7.05 Å². The first-order valence-corrected chi connectivity index (χ1v) is 9.22. The highest BCUT2D eigenvalue weighted by Gasteiger charge is 2.24. The molecule has 1 N–H and O–H groups in total. The van der Waals surface area contributed by atoms with Gasteiger partial charge in [-0.15, -0.1) is 11.3 Å². The zero-order chi connectivity index (χ0) is 20.0. The monoisotopic (exact) mass is 391 g/mol. The molecule has 0 radical (unpaired) electrons. The second kappa shape index (κ2) is 6.59. The standard InChI is InChI=1S/C21H14FN3O2S/c1-11-19(26)18(21(27)25(2)24-11)17-15-9-14(22)7-8-16(15)28-20(17)13-5-3-12(10-23)4-6-13/h3-9,26H,1-2H3. The summed E-state index contributed by atoms with van der Waals surface area (Å²) in [6, 6.07) is 13.4. The lowest BCUT2D eigenvalue weighted by atomic mass is 9.98. The number of aromatic nitrogens is 2. The van der Waals surface area contributed by atoms with Gasteiger partial charge >= 0.3 is 0 Å². The average Bonchev–Trinajstić information content (AvgIpc) is 3.05. The van der Waals surface area contributed by atoms with Gasteiger partial charge in [-0.1, -0.05) is 12.1 Å². The first-order valence-electron chi connectivity index (χ1n) is 8.40. The first kappa shape index (κ1) is 17.9. The number of nitrogens with zero attached hydrogens (tertiary/aromatic N) is 3. The first-order chi connectivity index (χ1) is 13.4. The van der Waals surface area contributed by atoms with Crippen LogP contribution in [-0.2, 0) is 7.05 Å². The SMILES string of the molecule is Cc1nn(C)c(=O)c(-c2c(-c3ccc(C#N)cc3)sc3ccc(F)cc23)c1O. The van der Waals surface area contributed by atoms with Gasteiger partial charge in [0.25, 0.3) is 5.56 Å². The molecule has 0 saturated heterocycles. The summed E-state index contributed by atoms with van der Waals surface area (Å²) in [6.45, 7) is 1.61. The van der Waals surface area contributed by atoms with E-state index in [1.165, 1.54) is 30.5 Å². The average molecular weight is 391 g/mol. The molecule has 138 valence electrons. The highest BCUT2D eigenvalue weighted by Crippen LogP contribution is 2.46. The van der Waals surface area contributed by atoms with E-state index >= 15 is 0 Å². The molecule has 0 fully saturated rings. The summed E-state index contributed by atoms with van der Waals surface area (Å²) in [6.07, 6.45) is 0. The summed E-state index contributed by atoms with van der Waals surface area (Å²) >= 11 is 1.39. The predicted octanol–water partition coefficient (Wildman–Crippen LogP) is 4.35. The number of aromatic hydroxyl groups is 1. The van der Waals surface area contributed by atoms with E-state index in [0.717, 1.165) is 14.9 Å². The number of rotatable bonds is 2. The lowest BCUT2D eigenvalue weighted by Crippen LogP contribution is -2.22. The van der Waals surface area contributed by atoms with Crippen LogP contribution in [0.25, 0.3) is 31.7 Å². The van der Waals surface area contributed by atoms with Gasteiger partial charge in [-0.25, -0.2) is 9.07 Å². The molecular weight excluding hydrogens is 377 g/mol. The van der Waals surface area contributed by atoms with Crippen molar-refractivity contribution in [2.45, 2.75) is 6.92 Å². The number of halogens is 1. The third kappa shape index (κ3) is 2.75. The molecule has 2 heterocycles. The van der Waals surface area contributed by atoms with Gasteiger partial charge in [-0.3, -0.25) is 4.79 Å². The molecule has 0 unspecified atom stereocenters. The number of hydrogen-bond acceptors (Lipinski definition) is 5. The summed E-state index contributed by atoms with van der Waals surface area (Å²) in [5, 5.41) is 24.2. The van der Waals surface area contributed by atoms with Crippen molar-refractivity contribution in [1.82, 2.24) is 9.78 Å². The number of thiophene rings is 1. The minimum Gasteiger partial charge on any atom is -0.505 e. The van der Waals surface area contributed by atoms with Gasteiger partial charge in [0, 0.05) is 27.6 Å². The van der Waals surface area contributed by atoms with Gasteiger partial charge in [0.1, 0.15) is 11.5 Å². The van der Waals surface area contributed by atoms with Gasteiger partial charge in [0.05, 0.1) is 17.2 Å². The van der Waals surface area contributed by atoms with Crippen LogP contribution in [0.4, 0.5) is 4.39 Å². The van der Waals surface area contributed by atoms with E-state index < -0.39 is 11.4 Å². The fourth-order valence-corrected chi connectivity index (χ4v) is 4.40. The van der Waals surface area contributed by atoms with Crippen molar-refractivity contribution in [3.8, 4) is 33.4 Å². The zero-order valence-electron chi connectivity index (χ0n) is 15.0. The molecule has 0 amide bonds. The molecular formula is C21H14FN3O2S. The summed E-state index contributed by atoms with van der Waals surface area (Å²) in [7, 11) is 1.51.